The first-order valence-electron chi connectivity index (χ1n) is 7.25. The van der Waals surface area contributed by atoms with E-state index in [2.05, 4.69) is 0 Å². The van der Waals surface area contributed by atoms with Crippen LogP contribution in [0.3, 0.4) is 0 Å². The van der Waals surface area contributed by atoms with Gasteiger partial charge in [0.25, 0.3) is 0 Å². The van der Waals surface area contributed by atoms with E-state index >= 15 is 0 Å². The summed E-state index contributed by atoms with van der Waals surface area (Å²) in [5, 5.41) is 0. The minimum absolute atomic E-state index is 0.0602. The van der Waals surface area contributed by atoms with Crippen molar-refractivity contribution >= 4 is 12.0 Å². The van der Waals surface area contributed by atoms with Crippen molar-refractivity contribution in [3.63, 3.8) is 0 Å². The highest BCUT2D eigenvalue weighted by molar-refractivity contribution is 5.91. The third kappa shape index (κ3) is 4.90. The lowest BCUT2D eigenvalue weighted by Gasteiger charge is -2.19. The maximum absolute atomic E-state index is 12.4. The number of furan rings is 1. The molecule has 0 bridgehead atoms. The van der Waals surface area contributed by atoms with Crippen molar-refractivity contribution in [2.24, 2.45) is 0 Å². The molecule has 4 nitrogen and oxygen atoms in total. The molecule has 1 heterocycles. The summed E-state index contributed by atoms with van der Waals surface area (Å²) in [6.07, 6.45) is 3.40. The van der Waals surface area contributed by atoms with Gasteiger partial charge >= 0.3 is 0 Å². The molecule has 1 amide bonds. The van der Waals surface area contributed by atoms with Crippen LogP contribution in [0.1, 0.15) is 17.1 Å². The van der Waals surface area contributed by atoms with Gasteiger partial charge < -0.3 is 14.1 Å². The molecule has 2 aromatic rings. The molecule has 0 aliphatic carbocycles. The van der Waals surface area contributed by atoms with Crippen molar-refractivity contribution < 1.29 is 13.9 Å². The molecule has 0 aliphatic heterocycles. The van der Waals surface area contributed by atoms with Gasteiger partial charge in [0, 0.05) is 19.7 Å². The van der Waals surface area contributed by atoms with Crippen LogP contribution in [0.4, 0.5) is 0 Å². The topological polar surface area (TPSA) is 42.7 Å². The first kappa shape index (κ1) is 16.0. The maximum atomic E-state index is 12.4. The Morgan fingerprint density at radius 3 is 2.64 bits per heavy atom. The predicted octanol–water partition coefficient (Wildman–Crippen LogP) is 3.28. The van der Waals surface area contributed by atoms with Crippen LogP contribution in [0.15, 0.2) is 53.0 Å². The van der Waals surface area contributed by atoms with Crippen LogP contribution in [0.2, 0.25) is 0 Å². The van der Waals surface area contributed by atoms with Gasteiger partial charge in [-0.25, -0.2) is 0 Å². The number of benzene rings is 1. The highest BCUT2D eigenvalue weighted by Crippen LogP contribution is 2.11. The predicted molar refractivity (Wildman–Crippen MR) is 86.2 cm³/mol. The summed E-state index contributed by atoms with van der Waals surface area (Å²) < 4.78 is 10.6. The number of aryl methyl sites for hydroxylation is 1. The summed E-state index contributed by atoms with van der Waals surface area (Å²) >= 11 is 0. The first-order valence-corrected chi connectivity index (χ1v) is 7.25. The average Bonchev–Trinajstić information content (AvgIpc) is 2.95. The maximum Gasteiger partial charge on any atom is 0.247 e. The van der Waals surface area contributed by atoms with Gasteiger partial charge in [0.15, 0.2) is 0 Å². The van der Waals surface area contributed by atoms with Crippen LogP contribution in [-0.2, 0) is 16.1 Å². The van der Waals surface area contributed by atoms with Crippen LogP contribution in [0.25, 0.3) is 6.08 Å². The van der Waals surface area contributed by atoms with Crippen molar-refractivity contribution in [1.29, 1.82) is 0 Å². The van der Waals surface area contributed by atoms with E-state index in [-0.39, 0.29) is 5.91 Å². The molecule has 22 heavy (non-hydrogen) atoms. The van der Waals surface area contributed by atoms with Gasteiger partial charge in [0.2, 0.25) is 5.91 Å². The molecule has 1 aromatic carbocycles. The summed E-state index contributed by atoms with van der Waals surface area (Å²) in [6, 6.07) is 13.5. The van der Waals surface area contributed by atoms with E-state index in [1.54, 1.807) is 18.1 Å². The highest BCUT2D eigenvalue weighted by atomic mass is 16.5. The molecular weight excluding hydrogens is 278 g/mol. The molecule has 0 saturated carbocycles. The van der Waals surface area contributed by atoms with Gasteiger partial charge in [-0.1, -0.05) is 30.3 Å². The Kier molecular flexibility index (Phi) is 5.98. The third-order valence-corrected chi connectivity index (χ3v) is 3.24. The van der Waals surface area contributed by atoms with Crippen molar-refractivity contribution in [2.45, 2.75) is 13.5 Å². The number of carbonyl (C=O) groups is 1. The number of hydrogen-bond acceptors (Lipinski definition) is 3. The van der Waals surface area contributed by atoms with Crippen molar-refractivity contribution in [3.05, 3.63) is 65.6 Å². The molecule has 0 atom stereocenters. The molecule has 0 radical (unpaired) electrons. The summed E-state index contributed by atoms with van der Waals surface area (Å²) in [5.74, 6) is 1.55. The van der Waals surface area contributed by atoms with E-state index in [1.807, 2.05) is 55.5 Å². The number of ether oxygens (including phenoxy) is 1. The van der Waals surface area contributed by atoms with E-state index in [9.17, 15) is 4.79 Å². The van der Waals surface area contributed by atoms with Crippen LogP contribution in [0, 0.1) is 6.92 Å². The number of carbonyl (C=O) groups excluding carboxylic acids is 1. The number of amides is 1. The quantitative estimate of drug-likeness (QED) is 0.737. The summed E-state index contributed by atoms with van der Waals surface area (Å²) in [6.45, 7) is 3.34. The Morgan fingerprint density at radius 1 is 1.23 bits per heavy atom. The fourth-order valence-electron chi connectivity index (χ4n) is 2.06. The fourth-order valence-corrected chi connectivity index (χ4v) is 2.06. The normalized spacial score (nSPS) is 11.0. The smallest absolute Gasteiger partial charge is 0.247 e. The largest absolute Gasteiger partial charge is 0.464 e. The SMILES string of the molecule is COCCN(Cc1ccc(C)o1)C(=O)/C=C/c1ccccc1. The zero-order valence-corrected chi connectivity index (χ0v) is 13.0. The first-order chi connectivity index (χ1) is 10.7. The second-order valence-corrected chi connectivity index (χ2v) is 5.01. The lowest BCUT2D eigenvalue weighted by atomic mass is 10.2. The zero-order chi connectivity index (χ0) is 15.8. The second-order valence-electron chi connectivity index (χ2n) is 5.01. The Morgan fingerprint density at radius 2 is 2.00 bits per heavy atom. The van der Waals surface area contributed by atoms with E-state index in [4.69, 9.17) is 9.15 Å². The summed E-state index contributed by atoms with van der Waals surface area (Å²) in [4.78, 5) is 14.1. The number of rotatable bonds is 7. The molecule has 1 aromatic heterocycles. The second kappa shape index (κ2) is 8.20. The van der Waals surface area contributed by atoms with E-state index in [0.29, 0.717) is 19.7 Å². The Bertz CT molecular complexity index is 616. The van der Waals surface area contributed by atoms with Gasteiger partial charge in [0.05, 0.1) is 13.2 Å². The molecule has 4 heteroatoms. The van der Waals surface area contributed by atoms with Gasteiger partial charge in [-0.2, -0.15) is 0 Å². The third-order valence-electron chi connectivity index (χ3n) is 3.24. The minimum atomic E-state index is -0.0602. The van der Waals surface area contributed by atoms with Crippen LogP contribution in [-0.4, -0.2) is 31.1 Å². The number of hydrogen-bond donors (Lipinski definition) is 0. The molecule has 0 fully saturated rings. The lowest BCUT2D eigenvalue weighted by Crippen LogP contribution is -2.31. The molecule has 2 rings (SSSR count). The van der Waals surface area contributed by atoms with Crippen LogP contribution in [0.5, 0.6) is 0 Å². The fraction of sp³-hybridized carbons (Fsp3) is 0.278. The minimum Gasteiger partial charge on any atom is -0.464 e. The lowest BCUT2D eigenvalue weighted by molar-refractivity contribution is -0.127. The molecule has 0 aliphatic rings. The number of methoxy groups -OCH3 is 1. The summed E-state index contributed by atoms with van der Waals surface area (Å²) in [5.41, 5.74) is 0.997. The van der Waals surface area contributed by atoms with Crippen molar-refractivity contribution in [2.75, 3.05) is 20.3 Å². The van der Waals surface area contributed by atoms with Gasteiger partial charge in [-0.15, -0.1) is 0 Å². The molecule has 0 spiro atoms. The van der Waals surface area contributed by atoms with E-state index in [0.717, 1.165) is 17.1 Å². The van der Waals surface area contributed by atoms with Gasteiger partial charge in [0.1, 0.15) is 11.5 Å². The zero-order valence-electron chi connectivity index (χ0n) is 13.0. The summed E-state index contributed by atoms with van der Waals surface area (Å²) in [7, 11) is 1.62. The molecule has 0 N–H and O–H groups in total. The van der Waals surface area contributed by atoms with Gasteiger partial charge in [-0.3, -0.25) is 4.79 Å². The van der Waals surface area contributed by atoms with Crippen molar-refractivity contribution in [3.8, 4) is 0 Å². The molecule has 0 unspecified atom stereocenters. The molecular formula is C18H21NO3. The van der Waals surface area contributed by atoms with E-state index in [1.165, 1.54) is 0 Å². The van der Waals surface area contributed by atoms with Crippen LogP contribution < -0.4 is 0 Å². The monoisotopic (exact) mass is 299 g/mol. The Hall–Kier alpha value is -2.33. The standard InChI is InChI=1S/C18H21NO3/c1-15-8-10-17(22-15)14-19(12-13-21-2)18(20)11-9-16-6-4-3-5-7-16/h3-11H,12-14H2,1-2H3/b11-9+. The molecule has 0 saturated heterocycles. The molecule has 116 valence electrons. The Labute approximate surface area is 131 Å². The number of nitrogens with zero attached hydrogens (tertiary/aromatic N) is 1. The average molecular weight is 299 g/mol. The van der Waals surface area contributed by atoms with E-state index < -0.39 is 0 Å². The Balaban J connectivity index is 2.03. The highest BCUT2D eigenvalue weighted by Gasteiger charge is 2.13. The van der Waals surface area contributed by atoms with Crippen LogP contribution >= 0.6 is 0 Å². The van der Waals surface area contributed by atoms with Gasteiger partial charge in [-0.05, 0) is 30.7 Å². The van der Waals surface area contributed by atoms with Crippen molar-refractivity contribution in [1.82, 2.24) is 4.90 Å².